The van der Waals surface area contributed by atoms with Crippen LogP contribution in [0, 0.1) is 11.8 Å². The largest absolute Gasteiger partial charge is 0.396 e. The molecule has 2 heteroatoms. The summed E-state index contributed by atoms with van der Waals surface area (Å²) in [7, 11) is 0. The van der Waals surface area contributed by atoms with Crippen molar-refractivity contribution in [2.75, 3.05) is 26.2 Å². The normalized spacial score (nSPS) is 45.9. The minimum atomic E-state index is 0.396. The fourth-order valence-corrected chi connectivity index (χ4v) is 2.31. The number of aliphatic hydroxyl groups excluding tert-OH is 1. The highest BCUT2D eigenvalue weighted by Crippen LogP contribution is 2.29. The van der Waals surface area contributed by atoms with Crippen molar-refractivity contribution in [2.24, 2.45) is 11.8 Å². The van der Waals surface area contributed by atoms with Crippen molar-refractivity contribution in [1.29, 1.82) is 0 Å². The van der Waals surface area contributed by atoms with Crippen molar-refractivity contribution >= 4 is 0 Å². The van der Waals surface area contributed by atoms with Gasteiger partial charge in [0.15, 0.2) is 0 Å². The second-order valence-electron chi connectivity index (χ2n) is 3.70. The molecular weight excluding hydrogens is 126 g/mol. The lowest BCUT2D eigenvalue weighted by molar-refractivity contribution is 0.132. The van der Waals surface area contributed by atoms with Gasteiger partial charge in [-0.1, -0.05) is 0 Å². The number of fused-ring (bicyclic) bond motifs is 2. The molecule has 0 aliphatic carbocycles. The van der Waals surface area contributed by atoms with Gasteiger partial charge in [-0.15, -0.1) is 0 Å². The monoisotopic (exact) mass is 141 g/mol. The van der Waals surface area contributed by atoms with E-state index in [9.17, 15) is 0 Å². The smallest absolute Gasteiger partial charge is 0.0471 e. The van der Waals surface area contributed by atoms with E-state index in [1.54, 1.807) is 0 Å². The molecule has 1 N–H and O–H groups in total. The predicted octanol–water partition coefficient (Wildman–Crippen LogP) is 0.321. The summed E-state index contributed by atoms with van der Waals surface area (Å²) in [5.74, 6) is 1.49. The van der Waals surface area contributed by atoms with E-state index in [1.807, 2.05) is 0 Å². The maximum Gasteiger partial charge on any atom is 0.0471 e. The molecule has 2 nitrogen and oxygen atoms in total. The summed E-state index contributed by atoms with van der Waals surface area (Å²) in [6.45, 7) is 4.12. The summed E-state index contributed by atoms with van der Waals surface area (Å²) in [4.78, 5) is 2.48. The van der Waals surface area contributed by atoms with E-state index in [1.165, 1.54) is 25.9 Å². The van der Waals surface area contributed by atoms with Gasteiger partial charge in [0.05, 0.1) is 0 Å². The minimum absolute atomic E-state index is 0.396. The zero-order chi connectivity index (χ0) is 6.97. The highest BCUT2D eigenvalue weighted by molar-refractivity contribution is 4.84. The fraction of sp³-hybridized carbons (Fsp3) is 1.00. The van der Waals surface area contributed by atoms with Gasteiger partial charge in [0.1, 0.15) is 0 Å². The second kappa shape index (κ2) is 2.51. The molecule has 0 spiro atoms. The molecule has 2 fully saturated rings. The van der Waals surface area contributed by atoms with E-state index in [0.717, 1.165) is 12.5 Å². The Morgan fingerprint density at radius 3 is 3.00 bits per heavy atom. The Hall–Kier alpha value is -0.0800. The van der Waals surface area contributed by atoms with Gasteiger partial charge in [-0.25, -0.2) is 0 Å². The van der Waals surface area contributed by atoms with Crippen molar-refractivity contribution in [1.82, 2.24) is 4.90 Å². The molecule has 0 aromatic carbocycles. The molecule has 0 aromatic heterocycles. The molecule has 0 saturated carbocycles. The van der Waals surface area contributed by atoms with E-state index in [-0.39, 0.29) is 0 Å². The van der Waals surface area contributed by atoms with Crippen LogP contribution in [0.1, 0.15) is 12.8 Å². The van der Waals surface area contributed by atoms with E-state index >= 15 is 0 Å². The number of piperidine rings is 1. The first-order valence-electron chi connectivity index (χ1n) is 4.21. The zero-order valence-corrected chi connectivity index (χ0v) is 6.29. The number of aliphatic hydroxyl groups is 1. The third-order valence-corrected chi connectivity index (χ3v) is 2.81. The molecule has 2 aliphatic rings. The SMILES string of the molecule is OCC1CC2CCN(C1)C2. The van der Waals surface area contributed by atoms with Crippen molar-refractivity contribution in [3.05, 3.63) is 0 Å². The lowest BCUT2D eigenvalue weighted by atomic mass is 9.92. The molecule has 2 bridgehead atoms. The molecule has 2 rings (SSSR count). The first-order chi connectivity index (χ1) is 4.88. The van der Waals surface area contributed by atoms with Crippen LogP contribution in [0.5, 0.6) is 0 Å². The lowest BCUT2D eigenvalue weighted by Crippen LogP contribution is -2.34. The first kappa shape index (κ1) is 6.62. The number of hydrogen-bond donors (Lipinski definition) is 1. The highest BCUT2D eigenvalue weighted by atomic mass is 16.3. The van der Waals surface area contributed by atoms with Crippen LogP contribution in [0.15, 0.2) is 0 Å². The van der Waals surface area contributed by atoms with Crippen LogP contribution >= 0.6 is 0 Å². The molecule has 3 unspecified atom stereocenters. The third kappa shape index (κ3) is 1.06. The molecule has 0 radical (unpaired) electrons. The van der Waals surface area contributed by atoms with Gasteiger partial charge in [-0.05, 0) is 31.2 Å². The Bertz CT molecular complexity index is 114. The maximum absolute atomic E-state index is 8.93. The second-order valence-corrected chi connectivity index (χ2v) is 3.70. The van der Waals surface area contributed by atoms with Crippen molar-refractivity contribution < 1.29 is 5.11 Å². The number of rotatable bonds is 1. The van der Waals surface area contributed by atoms with Gasteiger partial charge < -0.3 is 10.0 Å². The van der Waals surface area contributed by atoms with Crippen LogP contribution in [0.25, 0.3) is 0 Å². The summed E-state index contributed by atoms with van der Waals surface area (Å²) in [6.07, 6.45) is 2.64. The summed E-state index contributed by atoms with van der Waals surface area (Å²) in [5.41, 5.74) is 0. The first-order valence-corrected chi connectivity index (χ1v) is 4.21. The molecule has 10 heavy (non-hydrogen) atoms. The molecule has 2 aliphatic heterocycles. The van der Waals surface area contributed by atoms with E-state index in [0.29, 0.717) is 12.5 Å². The van der Waals surface area contributed by atoms with Gasteiger partial charge in [0, 0.05) is 19.7 Å². The fourth-order valence-electron chi connectivity index (χ4n) is 2.31. The average Bonchev–Trinajstić information content (AvgIpc) is 2.30. The lowest BCUT2D eigenvalue weighted by Gasteiger charge is -2.28. The van der Waals surface area contributed by atoms with Gasteiger partial charge in [-0.3, -0.25) is 0 Å². The molecule has 2 saturated heterocycles. The Morgan fingerprint density at radius 2 is 2.30 bits per heavy atom. The van der Waals surface area contributed by atoms with Gasteiger partial charge in [0.2, 0.25) is 0 Å². The van der Waals surface area contributed by atoms with Gasteiger partial charge in [-0.2, -0.15) is 0 Å². The summed E-state index contributed by atoms with van der Waals surface area (Å²) in [5, 5.41) is 8.93. The highest BCUT2D eigenvalue weighted by Gasteiger charge is 2.31. The predicted molar refractivity (Wildman–Crippen MR) is 39.7 cm³/mol. The molecule has 0 aromatic rings. The Balaban J connectivity index is 1.96. The third-order valence-electron chi connectivity index (χ3n) is 2.81. The topological polar surface area (TPSA) is 23.5 Å². The van der Waals surface area contributed by atoms with Gasteiger partial charge in [0.25, 0.3) is 0 Å². The number of nitrogens with zero attached hydrogens (tertiary/aromatic N) is 1. The van der Waals surface area contributed by atoms with E-state index < -0.39 is 0 Å². The standard InChI is InChI=1S/C8H15NO/c10-6-8-3-7-1-2-9(4-7)5-8/h7-8,10H,1-6H2. The van der Waals surface area contributed by atoms with Crippen LogP contribution in [-0.4, -0.2) is 36.2 Å². The van der Waals surface area contributed by atoms with E-state index in [4.69, 9.17) is 5.11 Å². The van der Waals surface area contributed by atoms with Crippen LogP contribution in [0.2, 0.25) is 0 Å². The van der Waals surface area contributed by atoms with Crippen molar-refractivity contribution in [3.63, 3.8) is 0 Å². The molecule has 58 valence electrons. The molecule has 0 amide bonds. The molecule has 3 atom stereocenters. The average molecular weight is 141 g/mol. The zero-order valence-electron chi connectivity index (χ0n) is 6.29. The summed E-state index contributed by atoms with van der Waals surface area (Å²) in [6, 6.07) is 0. The molecule has 2 heterocycles. The van der Waals surface area contributed by atoms with Crippen LogP contribution in [-0.2, 0) is 0 Å². The summed E-state index contributed by atoms with van der Waals surface area (Å²) < 4.78 is 0. The quantitative estimate of drug-likeness (QED) is 0.568. The number of hydrogen-bond acceptors (Lipinski definition) is 2. The van der Waals surface area contributed by atoms with Gasteiger partial charge >= 0.3 is 0 Å². The Morgan fingerprint density at radius 1 is 1.40 bits per heavy atom. The van der Waals surface area contributed by atoms with Crippen LogP contribution in [0.4, 0.5) is 0 Å². The minimum Gasteiger partial charge on any atom is -0.396 e. The van der Waals surface area contributed by atoms with Crippen LogP contribution in [0.3, 0.4) is 0 Å². The van der Waals surface area contributed by atoms with Crippen molar-refractivity contribution in [2.45, 2.75) is 12.8 Å². The summed E-state index contributed by atoms with van der Waals surface area (Å²) >= 11 is 0. The van der Waals surface area contributed by atoms with Crippen LogP contribution < -0.4 is 0 Å². The van der Waals surface area contributed by atoms with Crippen molar-refractivity contribution in [3.8, 4) is 0 Å². The Kier molecular flexibility index (Phi) is 1.66. The Labute approximate surface area is 61.8 Å². The maximum atomic E-state index is 8.93. The van der Waals surface area contributed by atoms with E-state index in [2.05, 4.69) is 4.90 Å². The molecular formula is C8H15NO.